The van der Waals surface area contributed by atoms with Gasteiger partial charge in [-0.05, 0) is 19.1 Å². The maximum atomic E-state index is 14.0. The highest BCUT2D eigenvalue weighted by Gasteiger charge is 2.61. The first-order valence-electron chi connectivity index (χ1n) is 31.1. The number of benzene rings is 1. The quantitative estimate of drug-likeness (QED) is 0.0915. The van der Waals surface area contributed by atoms with Gasteiger partial charge >= 0.3 is 0 Å². The molecule has 42 nitrogen and oxygen atoms in total. The minimum atomic E-state index is -5.07. The number of hydrogen-bond acceptors (Lipinski definition) is 42. The third-order valence-electron chi connectivity index (χ3n) is 18.4. The van der Waals surface area contributed by atoms with E-state index >= 15 is 0 Å². The summed E-state index contributed by atoms with van der Waals surface area (Å²) in [6.07, 6.45) is -85.2. The van der Waals surface area contributed by atoms with Crippen molar-refractivity contribution in [2.45, 2.75) is 257 Å². The van der Waals surface area contributed by atoms with Crippen LogP contribution in [0.25, 0.3) is 0 Å². The van der Waals surface area contributed by atoms with E-state index in [2.05, 4.69) is 0 Å². The van der Waals surface area contributed by atoms with Gasteiger partial charge in [0, 0.05) is 0 Å². The Labute approximate surface area is 554 Å². The highest BCUT2D eigenvalue weighted by molar-refractivity contribution is 7.86. The van der Waals surface area contributed by atoms with Gasteiger partial charge < -0.3 is 193 Å². The van der Waals surface area contributed by atoms with Crippen LogP contribution in [0.5, 0.6) is 0 Å². The van der Waals surface area contributed by atoms with Crippen LogP contribution >= 0.6 is 0 Å². The monoisotopic (exact) mass is 1450 g/mol. The van der Waals surface area contributed by atoms with Crippen molar-refractivity contribution in [1.82, 2.24) is 0 Å². The van der Waals surface area contributed by atoms with E-state index in [0.717, 1.165) is 12.1 Å². The minimum absolute atomic E-state index is 0.529. The third kappa shape index (κ3) is 15.6. The maximum Gasteiger partial charge on any atom is 0.297 e. The Morgan fingerprint density at radius 1 is 0.265 bits per heavy atom. The first-order valence-corrected chi connectivity index (χ1v) is 32.5. The summed E-state index contributed by atoms with van der Waals surface area (Å²) in [4.78, 5) is -0.529. The Bertz CT molecular complexity index is 2760. The molecule has 0 amide bonds. The Balaban J connectivity index is 0.950. The van der Waals surface area contributed by atoms with Gasteiger partial charge in [-0.25, -0.2) is 0 Å². The molecule has 30 heterocycles. The molecular formula is C55H86O42S. The zero-order chi connectivity index (χ0) is 71.3. The topological polar surface area (TPSA) is 656 Å². The molecule has 40 unspecified atom stereocenters. The number of hydrogen-bond donors (Lipinski definition) is 23. The summed E-state index contributed by atoms with van der Waals surface area (Å²) in [5, 5.41) is 258. The molecule has 564 valence electrons. The van der Waals surface area contributed by atoms with Crippen molar-refractivity contribution in [3.05, 3.63) is 29.8 Å². The van der Waals surface area contributed by atoms with Gasteiger partial charge in [-0.2, -0.15) is 8.42 Å². The maximum absolute atomic E-state index is 14.0. The lowest BCUT2D eigenvalue weighted by Crippen LogP contribution is -2.69. The summed E-state index contributed by atoms with van der Waals surface area (Å²) >= 11 is 0. The minimum Gasteiger partial charge on any atom is -0.394 e. The van der Waals surface area contributed by atoms with E-state index in [1.54, 1.807) is 6.92 Å². The molecule has 0 spiro atoms. The van der Waals surface area contributed by atoms with Crippen LogP contribution < -0.4 is 0 Å². The standard InChI is InChI=1S/C55H86O42S/c1-14-2-4-15(5-3-14)98(79,80)97-47-38(78)46-23(13-63)88-55(47)96-45-22(12-62)87-53(37(77)30(45)70)94-43-20(10-60)85-51(35(75)28(43)68)92-41-18(8-58)83-49(33(73)26(41)66)90-39-16(6-56)81-48(31(71)24(39)64)89-40-17(7-57)82-50(32(72)25(40)65)91-42-19(9-59)84-52(34(74)27(42)67)93-44-21(11-61)86-54(95-46)36(76)29(44)69/h2-5,16-78H,6-13H2,1H3. The lowest BCUT2D eigenvalue weighted by atomic mass is 9.94. The molecule has 1 aromatic carbocycles. The van der Waals surface area contributed by atoms with Gasteiger partial charge in [0.2, 0.25) is 0 Å². The first kappa shape index (κ1) is 78.2. The molecular weight excluding hydrogens is 1360 g/mol. The fourth-order valence-corrected chi connectivity index (χ4v) is 14.0. The number of rotatable bonds is 11. The summed E-state index contributed by atoms with van der Waals surface area (Å²) in [7, 11) is -5.07. The Morgan fingerprint density at radius 2 is 0.439 bits per heavy atom. The fourth-order valence-electron chi connectivity index (χ4n) is 12.9. The van der Waals surface area contributed by atoms with Crippen molar-refractivity contribution in [3.8, 4) is 0 Å². The Hall–Kier alpha value is -2.43. The van der Waals surface area contributed by atoms with Crippen molar-refractivity contribution in [2.24, 2.45) is 0 Å². The molecule has 30 saturated heterocycles. The van der Waals surface area contributed by atoms with Crippen molar-refractivity contribution in [2.75, 3.05) is 52.9 Å². The van der Waals surface area contributed by atoms with Crippen LogP contribution in [0.1, 0.15) is 5.56 Å². The van der Waals surface area contributed by atoms with E-state index in [9.17, 15) is 126 Å². The fraction of sp³-hybridized carbons (Fsp3) is 0.891. The lowest BCUT2D eigenvalue weighted by Gasteiger charge is -2.50. The first-order chi connectivity index (χ1) is 46.6. The van der Waals surface area contributed by atoms with Crippen LogP contribution in [-0.4, -0.2) is 424 Å². The second-order valence-corrected chi connectivity index (χ2v) is 26.4. The largest absolute Gasteiger partial charge is 0.394 e. The predicted molar refractivity (Wildman–Crippen MR) is 298 cm³/mol. The van der Waals surface area contributed by atoms with Gasteiger partial charge in [0.15, 0.2) is 56.4 Å². The van der Waals surface area contributed by atoms with Crippen LogP contribution in [0.2, 0.25) is 0 Å². The molecule has 31 rings (SSSR count). The molecule has 0 saturated carbocycles. The molecule has 0 aromatic heterocycles. The molecule has 40 atom stereocenters. The van der Waals surface area contributed by atoms with Crippen molar-refractivity contribution in [3.63, 3.8) is 0 Å². The second-order valence-electron chi connectivity index (χ2n) is 24.8. The molecule has 30 aliphatic heterocycles. The Kier molecular flexibility index (Phi) is 26.3. The SMILES string of the molecule is Cc1ccc(S(=O)(=O)OC2C3OC(CO)C(OC4OC(CO)C(OC5OC(CO)C(OC6OC(CO)C(OC7OC(CO)C(OC8OC(CO)C(OC9OC(CO)C(OC%10OC(CO)C(O3)C(O)C%10O)C(O)C9O)C(O)C8O)C(O)C7O)C(O)C6O)C(O)C5O)C(O)C4O)C2O)cc1. The number of ether oxygens (including phenoxy) is 16. The van der Waals surface area contributed by atoms with Crippen LogP contribution in [0.4, 0.5) is 0 Å². The van der Waals surface area contributed by atoms with Gasteiger partial charge in [-0.1, -0.05) is 17.7 Å². The molecule has 0 radical (unpaired) electrons. The summed E-state index contributed by atoms with van der Waals surface area (Å²) in [6, 6.07) is 4.96. The van der Waals surface area contributed by atoms with E-state index in [1.165, 1.54) is 12.1 Å². The Morgan fingerprint density at radius 3 is 0.633 bits per heavy atom. The van der Waals surface area contributed by atoms with E-state index in [0.29, 0.717) is 5.56 Å². The average Bonchev–Trinajstić information content (AvgIpc) is 0.771. The van der Waals surface area contributed by atoms with E-state index < -0.39 is 314 Å². The van der Waals surface area contributed by atoms with Gasteiger partial charge in [-0.15, -0.1) is 0 Å². The normalized spacial score (nSPS) is 51.1. The second kappa shape index (κ2) is 32.9. The van der Waals surface area contributed by atoms with Gasteiger partial charge in [0.1, 0.15) is 189 Å². The van der Waals surface area contributed by atoms with Crippen LogP contribution in [0.15, 0.2) is 29.2 Å². The number of aliphatic hydroxyl groups is 23. The summed E-state index contributed by atoms with van der Waals surface area (Å²) in [6.45, 7) is -7.46. The molecule has 23 N–H and O–H groups in total. The average molecular weight is 1450 g/mol. The van der Waals surface area contributed by atoms with Crippen molar-refractivity contribution in [1.29, 1.82) is 0 Å². The number of aryl methyl sites for hydroxylation is 1. The van der Waals surface area contributed by atoms with Gasteiger partial charge in [0.25, 0.3) is 10.1 Å². The highest BCUT2D eigenvalue weighted by Crippen LogP contribution is 2.41. The molecule has 98 heavy (non-hydrogen) atoms. The summed E-state index contributed by atoms with van der Waals surface area (Å²) in [5.41, 5.74) is 0.580. The van der Waals surface area contributed by atoms with E-state index in [-0.39, 0.29) is 0 Å². The zero-order valence-corrected chi connectivity index (χ0v) is 52.3. The van der Waals surface area contributed by atoms with Crippen LogP contribution in [0, 0.1) is 6.92 Å². The highest BCUT2D eigenvalue weighted by atomic mass is 32.2. The van der Waals surface area contributed by atoms with Gasteiger partial charge in [-0.3, -0.25) is 4.18 Å². The van der Waals surface area contributed by atoms with E-state index in [1.807, 2.05) is 0 Å². The predicted octanol–water partition coefficient (Wildman–Crippen LogP) is -15.7. The molecule has 30 aliphatic rings. The van der Waals surface area contributed by atoms with Crippen molar-refractivity contribution < 1.29 is 206 Å². The summed E-state index contributed by atoms with van der Waals surface area (Å²) < 4.78 is 126. The molecule has 43 heteroatoms. The summed E-state index contributed by atoms with van der Waals surface area (Å²) in [5.74, 6) is 0. The number of aliphatic hydroxyl groups excluding tert-OH is 23. The molecule has 0 aliphatic carbocycles. The molecule has 1 aromatic rings. The lowest BCUT2D eigenvalue weighted by molar-refractivity contribution is -0.403. The van der Waals surface area contributed by atoms with Gasteiger partial charge in [0.05, 0.1) is 57.8 Å². The van der Waals surface area contributed by atoms with Crippen LogP contribution in [0.3, 0.4) is 0 Å². The molecule has 16 bridgehead atoms. The van der Waals surface area contributed by atoms with E-state index in [4.69, 9.17) is 80.0 Å². The molecule has 30 fully saturated rings. The smallest absolute Gasteiger partial charge is 0.297 e. The third-order valence-corrected chi connectivity index (χ3v) is 19.7. The zero-order valence-electron chi connectivity index (χ0n) is 51.5. The van der Waals surface area contributed by atoms with Crippen molar-refractivity contribution >= 4 is 10.1 Å². The van der Waals surface area contributed by atoms with Crippen LogP contribution in [-0.2, 0) is 90.1 Å².